The molecule has 2 atom stereocenters. The van der Waals surface area contributed by atoms with Crippen molar-refractivity contribution in [2.75, 3.05) is 24.6 Å². The SMILES string of the molecule is CCCOc1ccc(N2CC(N)CC(c3ccc(C)c(C)c3)C2)cc1. The number of rotatable bonds is 5. The van der Waals surface area contributed by atoms with Crippen molar-refractivity contribution < 1.29 is 4.74 Å². The largest absolute Gasteiger partial charge is 0.494 e. The number of nitrogens with zero attached hydrogens (tertiary/aromatic N) is 1. The number of benzene rings is 2. The lowest BCUT2D eigenvalue weighted by molar-refractivity contribution is 0.317. The zero-order valence-electron chi connectivity index (χ0n) is 15.7. The van der Waals surface area contributed by atoms with E-state index in [0.29, 0.717) is 5.92 Å². The highest BCUT2D eigenvalue weighted by atomic mass is 16.5. The lowest BCUT2D eigenvalue weighted by Crippen LogP contribution is -2.46. The van der Waals surface area contributed by atoms with E-state index < -0.39 is 0 Å². The minimum atomic E-state index is 0.205. The van der Waals surface area contributed by atoms with Crippen LogP contribution in [-0.2, 0) is 0 Å². The molecule has 0 radical (unpaired) electrons. The van der Waals surface area contributed by atoms with Crippen molar-refractivity contribution in [2.24, 2.45) is 5.73 Å². The Hall–Kier alpha value is -2.00. The van der Waals surface area contributed by atoms with Crippen LogP contribution in [-0.4, -0.2) is 25.7 Å². The van der Waals surface area contributed by atoms with Crippen molar-refractivity contribution in [3.63, 3.8) is 0 Å². The molecular formula is C22H30N2O. The van der Waals surface area contributed by atoms with E-state index in [1.54, 1.807) is 0 Å². The molecule has 2 aromatic carbocycles. The van der Waals surface area contributed by atoms with Gasteiger partial charge in [-0.3, -0.25) is 0 Å². The molecule has 0 spiro atoms. The van der Waals surface area contributed by atoms with E-state index >= 15 is 0 Å². The molecule has 134 valence electrons. The van der Waals surface area contributed by atoms with Crippen LogP contribution in [0.2, 0.25) is 0 Å². The molecule has 1 aliphatic rings. The summed E-state index contributed by atoms with van der Waals surface area (Å²) in [4.78, 5) is 2.41. The summed E-state index contributed by atoms with van der Waals surface area (Å²) in [5, 5.41) is 0. The van der Waals surface area contributed by atoms with Gasteiger partial charge in [-0.05, 0) is 67.6 Å². The monoisotopic (exact) mass is 338 g/mol. The van der Waals surface area contributed by atoms with Crippen LogP contribution in [0.4, 0.5) is 5.69 Å². The third kappa shape index (κ3) is 4.35. The average Bonchev–Trinajstić information content (AvgIpc) is 2.62. The Morgan fingerprint density at radius 1 is 1.04 bits per heavy atom. The number of ether oxygens (including phenoxy) is 1. The van der Waals surface area contributed by atoms with Gasteiger partial charge in [0.1, 0.15) is 5.75 Å². The zero-order valence-corrected chi connectivity index (χ0v) is 15.7. The van der Waals surface area contributed by atoms with Crippen LogP contribution >= 0.6 is 0 Å². The van der Waals surface area contributed by atoms with Gasteiger partial charge in [0, 0.05) is 30.7 Å². The van der Waals surface area contributed by atoms with Gasteiger partial charge in [-0.1, -0.05) is 25.1 Å². The van der Waals surface area contributed by atoms with Gasteiger partial charge < -0.3 is 15.4 Å². The Morgan fingerprint density at radius 3 is 2.48 bits per heavy atom. The van der Waals surface area contributed by atoms with Gasteiger partial charge in [0.05, 0.1) is 6.61 Å². The zero-order chi connectivity index (χ0) is 17.8. The van der Waals surface area contributed by atoms with Crippen LogP contribution in [0.5, 0.6) is 5.75 Å². The first-order valence-electron chi connectivity index (χ1n) is 9.37. The standard InChI is InChI=1S/C22H30N2O/c1-4-11-25-22-9-7-21(8-10-22)24-14-19(13-20(23)15-24)18-6-5-16(2)17(3)12-18/h5-10,12,19-20H,4,11,13-15,23H2,1-3H3. The van der Waals surface area contributed by atoms with Crippen molar-refractivity contribution in [2.45, 2.75) is 45.6 Å². The van der Waals surface area contributed by atoms with E-state index in [-0.39, 0.29) is 6.04 Å². The predicted octanol–water partition coefficient (Wildman–Crippen LogP) is 4.41. The molecular weight excluding hydrogens is 308 g/mol. The van der Waals surface area contributed by atoms with Gasteiger partial charge in [-0.15, -0.1) is 0 Å². The fourth-order valence-corrected chi connectivity index (χ4v) is 3.58. The second-order valence-electron chi connectivity index (χ2n) is 7.28. The van der Waals surface area contributed by atoms with Crippen LogP contribution in [0.15, 0.2) is 42.5 Å². The molecule has 0 bridgehead atoms. The molecule has 0 aromatic heterocycles. The van der Waals surface area contributed by atoms with E-state index in [1.807, 2.05) is 0 Å². The maximum atomic E-state index is 6.39. The molecule has 25 heavy (non-hydrogen) atoms. The summed E-state index contributed by atoms with van der Waals surface area (Å²) in [6.45, 7) is 9.18. The molecule has 0 aliphatic carbocycles. The molecule has 1 saturated heterocycles. The van der Waals surface area contributed by atoms with Crippen molar-refractivity contribution in [3.05, 3.63) is 59.2 Å². The maximum Gasteiger partial charge on any atom is 0.119 e. The molecule has 0 saturated carbocycles. The topological polar surface area (TPSA) is 38.5 Å². The summed E-state index contributed by atoms with van der Waals surface area (Å²) in [5.41, 5.74) is 11.7. The molecule has 3 nitrogen and oxygen atoms in total. The van der Waals surface area contributed by atoms with E-state index in [0.717, 1.165) is 38.3 Å². The molecule has 1 heterocycles. The third-order valence-corrected chi connectivity index (χ3v) is 5.16. The first-order chi connectivity index (χ1) is 12.1. The Labute approximate surface area is 151 Å². The highest BCUT2D eigenvalue weighted by molar-refractivity contribution is 5.50. The lowest BCUT2D eigenvalue weighted by Gasteiger charge is -2.38. The second kappa shape index (κ2) is 7.92. The average molecular weight is 338 g/mol. The van der Waals surface area contributed by atoms with Gasteiger partial charge in [0.2, 0.25) is 0 Å². The summed E-state index contributed by atoms with van der Waals surface area (Å²) >= 11 is 0. The number of piperidine rings is 1. The van der Waals surface area contributed by atoms with E-state index in [9.17, 15) is 0 Å². The van der Waals surface area contributed by atoms with Crippen molar-refractivity contribution in [1.82, 2.24) is 0 Å². The van der Waals surface area contributed by atoms with Crippen LogP contribution in [0.25, 0.3) is 0 Å². The van der Waals surface area contributed by atoms with Crippen LogP contribution in [0.3, 0.4) is 0 Å². The molecule has 2 unspecified atom stereocenters. The predicted molar refractivity (Wildman–Crippen MR) is 106 cm³/mol. The first kappa shape index (κ1) is 17.8. The summed E-state index contributed by atoms with van der Waals surface area (Å²) in [6.07, 6.45) is 2.08. The maximum absolute atomic E-state index is 6.39. The van der Waals surface area contributed by atoms with E-state index in [1.165, 1.54) is 22.4 Å². The summed E-state index contributed by atoms with van der Waals surface area (Å²) < 4.78 is 5.69. The van der Waals surface area contributed by atoms with Crippen molar-refractivity contribution in [3.8, 4) is 5.75 Å². The van der Waals surface area contributed by atoms with Crippen LogP contribution < -0.4 is 15.4 Å². The number of hydrogen-bond acceptors (Lipinski definition) is 3. The fraction of sp³-hybridized carbons (Fsp3) is 0.455. The normalized spacial score (nSPS) is 20.6. The Morgan fingerprint density at radius 2 is 1.80 bits per heavy atom. The highest BCUT2D eigenvalue weighted by Gasteiger charge is 2.26. The van der Waals surface area contributed by atoms with Crippen molar-refractivity contribution >= 4 is 5.69 Å². The van der Waals surface area contributed by atoms with Gasteiger partial charge in [-0.25, -0.2) is 0 Å². The van der Waals surface area contributed by atoms with Crippen LogP contribution in [0.1, 0.15) is 42.4 Å². The Kier molecular flexibility index (Phi) is 5.64. The molecule has 1 fully saturated rings. The molecule has 3 heteroatoms. The fourth-order valence-electron chi connectivity index (χ4n) is 3.58. The second-order valence-corrected chi connectivity index (χ2v) is 7.28. The Bertz CT molecular complexity index is 696. The minimum absolute atomic E-state index is 0.205. The molecule has 1 aliphatic heterocycles. The van der Waals surface area contributed by atoms with Gasteiger partial charge in [0.25, 0.3) is 0 Å². The first-order valence-corrected chi connectivity index (χ1v) is 9.37. The van der Waals surface area contributed by atoms with Crippen molar-refractivity contribution in [1.29, 1.82) is 0 Å². The Balaban J connectivity index is 1.74. The van der Waals surface area contributed by atoms with Gasteiger partial charge in [0.15, 0.2) is 0 Å². The number of anilines is 1. The number of aryl methyl sites for hydroxylation is 2. The summed E-state index contributed by atoms with van der Waals surface area (Å²) in [5.74, 6) is 1.43. The lowest BCUT2D eigenvalue weighted by atomic mass is 9.87. The third-order valence-electron chi connectivity index (χ3n) is 5.16. The number of nitrogens with two attached hydrogens (primary N) is 1. The molecule has 3 rings (SSSR count). The summed E-state index contributed by atoms with van der Waals surface area (Å²) in [7, 11) is 0. The van der Waals surface area contributed by atoms with E-state index in [4.69, 9.17) is 10.5 Å². The summed E-state index contributed by atoms with van der Waals surface area (Å²) in [6, 6.07) is 15.5. The van der Waals surface area contributed by atoms with Gasteiger partial charge >= 0.3 is 0 Å². The molecule has 2 N–H and O–H groups in total. The van der Waals surface area contributed by atoms with Crippen LogP contribution in [0, 0.1) is 13.8 Å². The molecule has 0 amide bonds. The van der Waals surface area contributed by atoms with Gasteiger partial charge in [-0.2, -0.15) is 0 Å². The highest BCUT2D eigenvalue weighted by Crippen LogP contribution is 2.31. The smallest absolute Gasteiger partial charge is 0.119 e. The van der Waals surface area contributed by atoms with E-state index in [2.05, 4.69) is 68.1 Å². The quantitative estimate of drug-likeness (QED) is 0.877. The minimum Gasteiger partial charge on any atom is -0.494 e. The number of hydrogen-bond donors (Lipinski definition) is 1. The molecule has 2 aromatic rings.